The highest BCUT2D eigenvalue weighted by Crippen LogP contribution is 2.38. The van der Waals surface area contributed by atoms with Gasteiger partial charge < -0.3 is 10.2 Å². The van der Waals surface area contributed by atoms with Crippen molar-refractivity contribution in [1.82, 2.24) is 15.0 Å². The first-order chi connectivity index (χ1) is 9.54. The highest BCUT2D eigenvalue weighted by Gasteiger charge is 2.31. The predicted octanol–water partition coefficient (Wildman–Crippen LogP) is 3.07. The van der Waals surface area contributed by atoms with Gasteiger partial charge in [0.2, 0.25) is 17.2 Å². The first-order valence-corrected chi connectivity index (χ1v) is 8.53. The van der Waals surface area contributed by atoms with Gasteiger partial charge in [-0.25, -0.2) is 0 Å². The van der Waals surface area contributed by atoms with Crippen LogP contribution in [0.2, 0.25) is 5.28 Å². The van der Waals surface area contributed by atoms with Crippen molar-refractivity contribution in [3.05, 3.63) is 5.28 Å². The molecule has 1 aromatic rings. The van der Waals surface area contributed by atoms with E-state index in [1.807, 2.05) is 30.8 Å². The van der Waals surface area contributed by atoms with Gasteiger partial charge in [0.15, 0.2) is 0 Å². The summed E-state index contributed by atoms with van der Waals surface area (Å²) in [6.07, 6.45) is 8.66. The molecule has 1 aliphatic carbocycles. The number of thioether (sulfide) groups is 1. The molecule has 7 heteroatoms. The molecular formula is C13H22ClN5S. The molecule has 0 atom stereocenters. The lowest BCUT2D eigenvalue weighted by Crippen LogP contribution is -2.36. The fourth-order valence-corrected chi connectivity index (χ4v) is 3.58. The lowest BCUT2D eigenvalue weighted by molar-refractivity contribution is 0.411. The molecule has 1 saturated carbocycles. The van der Waals surface area contributed by atoms with Crippen LogP contribution in [0.4, 0.5) is 11.9 Å². The van der Waals surface area contributed by atoms with Crippen LogP contribution in [0, 0.1) is 0 Å². The quantitative estimate of drug-likeness (QED) is 0.901. The molecular weight excluding hydrogens is 294 g/mol. The number of hydrogen-bond acceptors (Lipinski definition) is 6. The maximum absolute atomic E-state index is 5.95. The van der Waals surface area contributed by atoms with Gasteiger partial charge in [-0.2, -0.15) is 26.7 Å². The molecule has 1 aliphatic rings. The van der Waals surface area contributed by atoms with E-state index in [-0.39, 0.29) is 5.28 Å². The number of hydrogen-bond donors (Lipinski definition) is 1. The number of anilines is 2. The molecule has 20 heavy (non-hydrogen) atoms. The van der Waals surface area contributed by atoms with Crippen molar-refractivity contribution < 1.29 is 0 Å². The normalized spacial score (nSPS) is 17.8. The van der Waals surface area contributed by atoms with Crippen LogP contribution in [0.25, 0.3) is 0 Å². The molecule has 0 aromatic carbocycles. The number of rotatable bonds is 5. The van der Waals surface area contributed by atoms with Crippen LogP contribution in [0.1, 0.15) is 32.1 Å². The highest BCUT2D eigenvalue weighted by atomic mass is 35.5. The predicted molar refractivity (Wildman–Crippen MR) is 87.0 cm³/mol. The monoisotopic (exact) mass is 315 g/mol. The Morgan fingerprint density at radius 2 is 1.90 bits per heavy atom. The first kappa shape index (κ1) is 15.6. The smallest absolute Gasteiger partial charge is 0.230 e. The van der Waals surface area contributed by atoms with E-state index in [9.17, 15) is 0 Å². The molecule has 0 amide bonds. The van der Waals surface area contributed by atoms with E-state index < -0.39 is 0 Å². The van der Waals surface area contributed by atoms with Gasteiger partial charge in [-0.3, -0.25) is 0 Å². The molecule has 2 rings (SSSR count). The maximum atomic E-state index is 5.95. The first-order valence-electron chi connectivity index (χ1n) is 6.93. The standard InChI is InChI=1S/C13H22ClN5S/c1-19(2)12-17-10(14)16-11(18-12)15-9-13(20-3)7-5-4-6-8-13/h4-9H2,1-3H3,(H,15,16,17,18). The Hall–Kier alpha value is -0.750. The van der Waals surface area contributed by atoms with Gasteiger partial charge in [-0.05, 0) is 30.7 Å². The average Bonchev–Trinajstić information content (AvgIpc) is 2.45. The Morgan fingerprint density at radius 1 is 1.20 bits per heavy atom. The van der Waals surface area contributed by atoms with Crippen molar-refractivity contribution >= 4 is 35.3 Å². The molecule has 5 nitrogen and oxygen atoms in total. The SMILES string of the molecule is CSC1(CNc2nc(Cl)nc(N(C)C)n2)CCCCC1. The maximum Gasteiger partial charge on any atom is 0.230 e. The van der Waals surface area contributed by atoms with Gasteiger partial charge in [-0.15, -0.1) is 0 Å². The van der Waals surface area contributed by atoms with Gasteiger partial charge in [-0.1, -0.05) is 19.3 Å². The van der Waals surface area contributed by atoms with E-state index in [0.717, 1.165) is 6.54 Å². The molecule has 0 radical (unpaired) electrons. The van der Waals surface area contributed by atoms with Gasteiger partial charge >= 0.3 is 0 Å². The van der Waals surface area contributed by atoms with Gasteiger partial charge in [0.25, 0.3) is 0 Å². The van der Waals surface area contributed by atoms with E-state index in [4.69, 9.17) is 11.6 Å². The third-order valence-corrected chi connectivity index (χ3v) is 5.35. The summed E-state index contributed by atoms with van der Waals surface area (Å²) in [6.45, 7) is 0.876. The molecule has 0 saturated heterocycles. The largest absolute Gasteiger partial charge is 0.353 e. The number of nitrogens with one attached hydrogen (secondary N) is 1. The molecule has 0 unspecified atom stereocenters. The van der Waals surface area contributed by atoms with E-state index in [2.05, 4.69) is 26.5 Å². The zero-order valence-electron chi connectivity index (χ0n) is 12.3. The summed E-state index contributed by atoms with van der Waals surface area (Å²) in [7, 11) is 3.78. The molecule has 112 valence electrons. The van der Waals surface area contributed by atoms with E-state index >= 15 is 0 Å². The van der Waals surface area contributed by atoms with Crippen molar-refractivity contribution in [1.29, 1.82) is 0 Å². The Kier molecular flexibility index (Phi) is 5.32. The van der Waals surface area contributed by atoms with Crippen molar-refractivity contribution in [3.8, 4) is 0 Å². The summed E-state index contributed by atoms with van der Waals surface area (Å²) in [5, 5.41) is 3.58. The van der Waals surface area contributed by atoms with E-state index in [1.54, 1.807) is 0 Å². The van der Waals surface area contributed by atoms with Crippen molar-refractivity contribution in [2.45, 2.75) is 36.9 Å². The van der Waals surface area contributed by atoms with Crippen LogP contribution < -0.4 is 10.2 Å². The second-order valence-corrected chi connectivity index (χ2v) is 7.04. The van der Waals surface area contributed by atoms with Crippen molar-refractivity contribution in [3.63, 3.8) is 0 Å². The summed E-state index contributed by atoms with van der Waals surface area (Å²) in [4.78, 5) is 14.5. The third kappa shape index (κ3) is 3.88. The summed E-state index contributed by atoms with van der Waals surface area (Å²) in [6, 6.07) is 0. The Bertz CT molecular complexity index is 448. The minimum Gasteiger partial charge on any atom is -0.353 e. The number of aromatic nitrogens is 3. The second-order valence-electron chi connectivity index (χ2n) is 5.42. The zero-order chi connectivity index (χ0) is 14.6. The summed E-state index contributed by atoms with van der Waals surface area (Å²) in [5.74, 6) is 1.14. The number of halogens is 1. The van der Waals surface area contributed by atoms with Crippen LogP contribution in [-0.4, -0.2) is 46.6 Å². The Balaban J connectivity index is 2.06. The second kappa shape index (κ2) is 6.80. The van der Waals surface area contributed by atoms with Crippen molar-refractivity contribution in [2.24, 2.45) is 0 Å². The number of nitrogens with zero attached hydrogens (tertiary/aromatic N) is 4. The fourth-order valence-electron chi connectivity index (χ4n) is 2.51. The molecule has 0 aliphatic heterocycles. The van der Waals surface area contributed by atoms with Crippen molar-refractivity contribution in [2.75, 3.05) is 37.1 Å². The Labute approximate surface area is 129 Å². The lowest BCUT2D eigenvalue weighted by atomic mass is 9.88. The summed E-state index contributed by atoms with van der Waals surface area (Å²) < 4.78 is 0.301. The van der Waals surface area contributed by atoms with E-state index in [1.165, 1.54) is 32.1 Å². The zero-order valence-corrected chi connectivity index (χ0v) is 13.9. The summed E-state index contributed by atoms with van der Waals surface area (Å²) >= 11 is 7.90. The van der Waals surface area contributed by atoms with Crippen LogP contribution >= 0.6 is 23.4 Å². The molecule has 1 fully saturated rings. The lowest BCUT2D eigenvalue weighted by Gasteiger charge is -2.35. The minimum atomic E-state index is 0.230. The molecule has 1 aromatic heterocycles. The minimum absolute atomic E-state index is 0.230. The molecule has 0 bridgehead atoms. The van der Waals surface area contributed by atoms with Crippen LogP contribution in [0.15, 0.2) is 0 Å². The molecule has 1 N–H and O–H groups in total. The molecule has 0 spiro atoms. The third-order valence-electron chi connectivity index (χ3n) is 3.76. The average molecular weight is 316 g/mol. The van der Waals surface area contributed by atoms with Gasteiger partial charge in [0.1, 0.15) is 0 Å². The topological polar surface area (TPSA) is 53.9 Å². The van der Waals surface area contributed by atoms with Crippen LogP contribution in [0.3, 0.4) is 0 Å². The summed E-state index contributed by atoms with van der Waals surface area (Å²) in [5.41, 5.74) is 0. The van der Waals surface area contributed by atoms with E-state index in [0.29, 0.717) is 16.6 Å². The molecule has 1 heterocycles. The highest BCUT2D eigenvalue weighted by molar-refractivity contribution is 8.00. The Morgan fingerprint density at radius 3 is 2.50 bits per heavy atom. The van der Waals surface area contributed by atoms with Gasteiger partial charge in [0, 0.05) is 25.4 Å². The van der Waals surface area contributed by atoms with Crippen LogP contribution in [0.5, 0.6) is 0 Å². The van der Waals surface area contributed by atoms with Gasteiger partial charge in [0.05, 0.1) is 0 Å². The van der Waals surface area contributed by atoms with Crippen LogP contribution in [-0.2, 0) is 0 Å². The fraction of sp³-hybridized carbons (Fsp3) is 0.769.